The summed E-state index contributed by atoms with van der Waals surface area (Å²) in [6.45, 7) is 3.95. The average Bonchev–Trinajstić information content (AvgIpc) is 3.05. The van der Waals surface area contributed by atoms with Crippen LogP contribution < -0.4 is 0 Å². The molecule has 28 heavy (non-hydrogen) atoms. The fourth-order valence-corrected chi connectivity index (χ4v) is 5.08. The van der Waals surface area contributed by atoms with Gasteiger partial charge in [-0.3, -0.25) is 14.7 Å². The smallest absolute Gasteiger partial charge is 0.244 e. The molecule has 0 amide bonds. The SMILES string of the molecule is Cc1[nH]c2ccccc2c1C(=O)CN1CCN(S(=O)(=O)c2cccnc2)CC1. The molecule has 4 rings (SSSR count). The van der Waals surface area contributed by atoms with Gasteiger partial charge >= 0.3 is 0 Å². The molecule has 1 fully saturated rings. The van der Waals surface area contributed by atoms with Crippen molar-refractivity contribution in [2.45, 2.75) is 11.8 Å². The van der Waals surface area contributed by atoms with E-state index in [4.69, 9.17) is 0 Å². The maximum absolute atomic E-state index is 12.9. The van der Waals surface area contributed by atoms with Gasteiger partial charge in [0.1, 0.15) is 4.90 Å². The van der Waals surface area contributed by atoms with Crippen molar-refractivity contribution in [2.24, 2.45) is 0 Å². The molecule has 1 saturated heterocycles. The molecule has 0 bridgehead atoms. The minimum Gasteiger partial charge on any atom is -0.358 e. The Morgan fingerprint density at radius 1 is 1.11 bits per heavy atom. The molecule has 0 aliphatic carbocycles. The number of sulfonamides is 1. The van der Waals surface area contributed by atoms with Crippen LogP contribution in [-0.2, 0) is 10.0 Å². The Labute approximate surface area is 164 Å². The summed E-state index contributed by atoms with van der Waals surface area (Å²) < 4.78 is 26.8. The highest BCUT2D eigenvalue weighted by Crippen LogP contribution is 2.23. The zero-order chi connectivity index (χ0) is 19.7. The first-order chi connectivity index (χ1) is 13.5. The number of carbonyl (C=O) groups excluding carboxylic acids is 1. The Morgan fingerprint density at radius 2 is 1.86 bits per heavy atom. The van der Waals surface area contributed by atoms with Gasteiger partial charge < -0.3 is 4.98 Å². The van der Waals surface area contributed by atoms with Crippen molar-refractivity contribution in [2.75, 3.05) is 32.7 Å². The van der Waals surface area contributed by atoms with Crippen LogP contribution in [0.15, 0.2) is 53.7 Å². The van der Waals surface area contributed by atoms with E-state index in [0.29, 0.717) is 26.2 Å². The fraction of sp³-hybridized carbons (Fsp3) is 0.300. The second-order valence-corrected chi connectivity index (χ2v) is 8.90. The summed E-state index contributed by atoms with van der Waals surface area (Å²) in [5.74, 6) is 0.0542. The number of pyridine rings is 1. The number of nitrogens with zero attached hydrogens (tertiary/aromatic N) is 3. The van der Waals surface area contributed by atoms with E-state index in [1.165, 1.54) is 10.5 Å². The van der Waals surface area contributed by atoms with E-state index in [-0.39, 0.29) is 17.2 Å². The van der Waals surface area contributed by atoms with E-state index in [0.717, 1.165) is 22.2 Å². The molecule has 0 atom stereocenters. The predicted octanol–water partition coefficient (Wildman–Crippen LogP) is 2.06. The Bertz CT molecular complexity index is 1100. The molecular weight excluding hydrogens is 376 g/mol. The number of hydrogen-bond donors (Lipinski definition) is 1. The molecule has 1 aliphatic heterocycles. The van der Waals surface area contributed by atoms with Crippen LogP contribution in [-0.4, -0.2) is 66.1 Å². The highest BCUT2D eigenvalue weighted by Gasteiger charge is 2.29. The summed E-state index contributed by atoms with van der Waals surface area (Å²) in [5, 5.41) is 0.933. The molecule has 146 valence electrons. The molecular formula is C20H22N4O3S. The van der Waals surface area contributed by atoms with Crippen LogP contribution in [0.25, 0.3) is 10.9 Å². The molecule has 1 N–H and O–H groups in total. The molecule has 2 aromatic heterocycles. The van der Waals surface area contributed by atoms with Gasteiger partial charge in [0.25, 0.3) is 0 Å². The Balaban J connectivity index is 1.43. The number of H-pyrrole nitrogens is 1. The fourth-order valence-electron chi connectivity index (χ4n) is 3.69. The molecule has 3 heterocycles. The lowest BCUT2D eigenvalue weighted by atomic mass is 10.1. The molecule has 0 unspecified atom stereocenters. The van der Waals surface area contributed by atoms with Gasteiger partial charge in [-0.2, -0.15) is 4.31 Å². The highest BCUT2D eigenvalue weighted by atomic mass is 32.2. The summed E-state index contributed by atoms with van der Waals surface area (Å²) in [5.41, 5.74) is 2.54. The van der Waals surface area contributed by atoms with Gasteiger partial charge in [0, 0.05) is 60.7 Å². The summed E-state index contributed by atoms with van der Waals surface area (Å²) in [6.07, 6.45) is 2.92. The summed E-state index contributed by atoms with van der Waals surface area (Å²) in [7, 11) is -3.54. The van der Waals surface area contributed by atoms with E-state index in [1.807, 2.05) is 36.1 Å². The number of hydrogen-bond acceptors (Lipinski definition) is 5. The predicted molar refractivity (Wildman–Crippen MR) is 107 cm³/mol. The number of nitrogens with one attached hydrogen (secondary N) is 1. The zero-order valence-corrected chi connectivity index (χ0v) is 16.4. The number of fused-ring (bicyclic) bond motifs is 1. The lowest BCUT2D eigenvalue weighted by molar-refractivity contribution is 0.0903. The number of piperazine rings is 1. The van der Waals surface area contributed by atoms with E-state index < -0.39 is 10.0 Å². The van der Waals surface area contributed by atoms with Crippen molar-refractivity contribution < 1.29 is 13.2 Å². The first kappa shape index (κ1) is 18.8. The number of ketones is 1. The topological polar surface area (TPSA) is 86.4 Å². The van der Waals surface area contributed by atoms with E-state index in [9.17, 15) is 13.2 Å². The number of rotatable bonds is 5. The van der Waals surface area contributed by atoms with Gasteiger partial charge in [-0.1, -0.05) is 18.2 Å². The largest absolute Gasteiger partial charge is 0.358 e. The third kappa shape index (κ3) is 3.46. The monoisotopic (exact) mass is 398 g/mol. The lowest BCUT2D eigenvalue weighted by Crippen LogP contribution is -2.49. The number of Topliss-reactive ketones (excluding diaryl/α,β-unsaturated/α-hetero) is 1. The molecule has 1 aliphatic rings. The molecule has 0 spiro atoms. The molecule has 3 aromatic rings. The van der Waals surface area contributed by atoms with Gasteiger partial charge in [0.2, 0.25) is 10.0 Å². The first-order valence-corrected chi connectivity index (χ1v) is 10.6. The highest BCUT2D eigenvalue weighted by molar-refractivity contribution is 7.89. The van der Waals surface area contributed by atoms with Crippen molar-refractivity contribution in [1.82, 2.24) is 19.2 Å². The third-order valence-corrected chi connectivity index (χ3v) is 7.03. The number of benzene rings is 1. The van der Waals surface area contributed by atoms with Crippen molar-refractivity contribution in [1.29, 1.82) is 0 Å². The molecule has 7 nitrogen and oxygen atoms in total. The summed E-state index contributed by atoms with van der Waals surface area (Å²) in [6, 6.07) is 10.9. The molecule has 1 aromatic carbocycles. The number of aryl methyl sites for hydroxylation is 1. The Hall–Kier alpha value is -2.55. The second kappa shape index (κ2) is 7.46. The van der Waals surface area contributed by atoms with Crippen LogP contribution in [0.4, 0.5) is 0 Å². The molecule has 0 saturated carbocycles. The van der Waals surface area contributed by atoms with Crippen LogP contribution in [0.1, 0.15) is 16.1 Å². The van der Waals surface area contributed by atoms with Crippen LogP contribution in [0.3, 0.4) is 0 Å². The molecule has 0 radical (unpaired) electrons. The van der Waals surface area contributed by atoms with Gasteiger partial charge in [0.05, 0.1) is 6.54 Å². The van der Waals surface area contributed by atoms with E-state index in [1.54, 1.807) is 18.3 Å². The minimum atomic E-state index is -3.54. The van der Waals surface area contributed by atoms with Gasteiger partial charge in [-0.15, -0.1) is 0 Å². The Kier molecular flexibility index (Phi) is 5.01. The second-order valence-electron chi connectivity index (χ2n) is 6.96. The summed E-state index contributed by atoms with van der Waals surface area (Å²) in [4.78, 5) is 22.3. The zero-order valence-electron chi connectivity index (χ0n) is 15.6. The third-order valence-electron chi connectivity index (χ3n) is 5.14. The van der Waals surface area contributed by atoms with Crippen molar-refractivity contribution in [3.8, 4) is 0 Å². The van der Waals surface area contributed by atoms with Crippen molar-refractivity contribution in [3.05, 3.63) is 60.0 Å². The number of carbonyl (C=O) groups is 1. The number of aromatic nitrogens is 2. The summed E-state index contributed by atoms with van der Waals surface area (Å²) >= 11 is 0. The minimum absolute atomic E-state index is 0.0542. The van der Waals surface area contributed by atoms with Crippen LogP contribution in [0, 0.1) is 6.92 Å². The molecule has 8 heteroatoms. The maximum atomic E-state index is 12.9. The normalized spacial score (nSPS) is 16.5. The number of aromatic amines is 1. The van der Waals surface area contributed by atoms with E-state index >= 15 is 0 Å². The maximum Gasteiger partial charge on any atom is 0.244 e. The van der Waals surface area contributed by atoms with Crippen LogP contribution in [0.5, 0.6) is 0 Å². The van der Waals surface area contributed by atoms with Crippen LogP contribution in [0.2, 0.25) is 0 Å². The van der Waals surface area contributed by atoms with Crippen molar-refractivity contribution in [3.63, 3.8) is 0 Å². The van der Waals surface area contributed by atoms with Crippen LogP contribution >= 0.6 is 0 Å². The average molecular weight is 398 g/mol. The van der Waals surface area contributed by atoms with Gasteiger partial charge in [-0.05, 0) is 25.1 Å². The van der Waals surface area contributed by atoms with E-state index in [2.05, 4.69) is 9.97 Å². The number of para-hydroxylation sites is 1. The standard InChI is InChI=1S/C20H22N4O3S/c1-15-20(17-6-2-3-7-18(17)22-15)19(25)14-23-9-11-24(12-10-23)28(26,27)16-5-4-8-21-13-16/h2-8,13,22H,9-12,14H2,1H3. The van der Waals surface area contributed by atoms with Gasteiger partial charge in [-0.25, -0.2) is 8.42 Å². The van der Waals surface area contributed by atoms with Gasteiger partial charge in [0.15, 0.2) is 5.78 Å². The lowest BCUT2D eigenvalue weighted by Gasteiger charge is -2.33. The van der Waals surface area contributed by atoms with Crippen molar-refractivity contribution >= 4 is 26.7 Å². The quantitative estimate of drug-likeness (QED) is 0.665. The Morgan fingerprint density at radius 3 is 2.57 bits per heavy atom. The first-order valence-electron chi connectivity index (χ1n) is 9.20.